The van der Waals surface area contributed by atoms with Gasteiger partial charge in [-0.25, -0.2) is 0 Å². The van der Waals surface area contributed by atoms with Crippen molar-refractivity contribution in [3.05, 3.63) is 83.4 Å². The topological polar surface area (TPSA) is 0 Å². The predicted octanol–water partition coefficient (Wildman–Crippen LogP) is 5.94. The van der Waals surface area contributed by atoms with E-state index < -0.39 is 0 Å². The fraction of sp³-hybridized carbons (Fsp3) is 0.158. The lowest BCUT2D eigenvalue weighted by atomic mass is 9.91. The Balaban J connectivity index is 1.85. The number of fused-ring (bicyclic) bond motifs is 1. The summed E-state index contributed by atoms with van der Waals surface area (Å²) in [5, 5.41) is 0.780. The summed E-state index contributed by atoms with van der Waals surface area (Å²) in [6.45, 7) is 8.42. The maximum atomic E-state index is 6.26. The van der Waals surface area contributed by atoms with Gasteiger partial charge in [0, 0.05) is 5.02 Å². The van der Waals surface area contributed by atoms with Crippen molar-refractivity contribution >= 4 is 22.7 Å². The number of halogens is 1. The number of benzene rings is 2. The third-order valence-electron chi connectivity index (χ3n) is 4.02. The van der Waals surface area contributed by atoms with Crippen molar-refractivity contribution in [1.82, 2.24) is 0 Å². The molecular weight excluding hydrogens is 264 g/mol. The minimum Gasteiger partial charge on any atom is -0.0952 e. The van der Waals surface area contributed by atoms with Crippen LogP contribution in [0.25, 0.3) is 11.1 Å². The standard InChI is InChI=1S/C19H17Cl/c1-13-11-15(18-9-4-3-7-16(13)18)12-14(2)17-8-5-6-10-19(17)20/h3-10,15H,1-2,11-12H2. The van der Waals surface area contributed by atoms with Crippen LogP contribution in [0.5, 0.6) is 0 Å². The molecule has 0 saturated heterocycles. The molecule has 0 N–H and O–H groups in total. The van der Waals surface area contributed by atoms with E-state index in [9.17, 15) is 0 Å². The molecule has 1 aliphatic carbocycles. The van der Waals surface area contributed by atoms with Crippen molar-refractivity contribution in [1.29, 1.82) is 0 Å². The maximum Gasteiger partial charge on any atom is 0.0480 e. The number of rotatable bonds is 3. The molecule has 20 heavy (non-hydrogen) atoms. The van der Waals surface area contributed by atoms with Gasteiger partial charge < -0.3 is 0 Å². The number of allylic oxidation sites excluding steroid dienone is 2. The van der Waals surface area contributed by atoms with Crippen molar-refractivity contribution in [3.8, 4) is 0 Å². The first-order valence-electron chi connectivity index (χ1n) is 6.86. The van der Waals surface area contributed by atoms with Crippen LogP contribution in [0.3, 0.4) is 0 Å². The van der Waals surface area contributed by atoms with Crippen LogP contribution in [0.4, 0.5) is 0 Å². The normalized spacial score (nSPS) is 17.1. The van der Waals surface area contributed by atoms with Gasteiger partial charge in [0.25, 0.3) is 0 Å². The molecule has 100 valence electrons. The van der Waals surface area contributed by atoms with Gasteiger partial charge in [-0.15, -0.1) is 0 Å². The lowest BCUT2D eigenvalue weighted by molar-refractivity contribution is 0.761. The van der Waals surface area contributed by atoms with E-state index in [2.05, 4.69) is 37.4 Å². The quantitative estimate of drug-likeness (QED) is 0.652. The summed E-state index contributed by atoms with van der Waals surface area (Å²) < 4.78 is 0. The molecule has 0 spiro atoms. The molecule has 0 bridgehead atoms. The molecule has 1 aliphatic rings. The first kappa shape index (κ1) is 13.2. The zero-order valence-electron chi connectivity index (χ0n) is 11.4. The van der Waals surface area contributed by atoms with Crippen molar-refractivity contribution in [2.24, 2.45) is 0 Å². The minimum absolute atomic E-state index is 0.475. The fourth-order valence-corrected chi connectivity index (χ4v) is 3.30. The first-order chi connectivity index (χ1) is 9.66. The van der Waals surface area contributed by atoms with E-state index >= 15 is 0 Å². The van der Waals surface area contributed by atoms with Gasteiger partial charge in [0.05, 0.1) is 0 Å². The highest BCUT2D eigenvalue weighted by atomic mass is 35.5. The molecule has 2 aromatic rings. The van der Waals surface area contributed by atoms with Gasteiger partial charge in [0.1, 0.15) is 0 Å². The van der Waals surface area contributed by atoms with Crippen LogP contribution < -0.4 is 0 Å². The second kappa shape index (κ2) is 5.30. The molecule has 0 aliphatic heterocycles. The molecule has 2 aromatic carbocycles. The Labute approximate surface area is 125 Å². The molecular formula is C19H17Cl. The zero-order valence-corrected chi connectivity index (χ0v) is 12.2. The predicted molar refractivity (Wildman–Crippen MR) is 87.9 cm³/mol. The average Bonchev–Trinajstić information content (AvgIpc) is 2.76. The summed E-state index contributed by atoms with van der Waals surface area (Å²) in [5.41, 5.74) is 6.10. The molecule has 0 nitrogen and oxygen atoms in total. The summed E-state index contributed by atoms with van der Waals surface area (Å²) in [4.78, 5) is 0. The van der Waals surface area contributed by atoms with Crippen molar-refractivity contribution in [2.45, 2.75) is 18.8 Å². The molecule has 0 radical (unpaired) electrons. The minimum atomic E-state index is 0.475. The SMILES string of the molecule is C=C(CC1CC(=C)c2ccccc21)c1ccccc1Cl. The van der Waals surface area contributed by atoms with Crippen molar-refractivity contribution in [3.63, 3.8) is 0 Å². The largest absolute Gasteiger partial charge is 0.0952 e. The summed E-state index contributed by atoms with van der Waals surface area (Å²) >= 11 is 6.26. The number of hydrogen-bond acceptors (Lipinski definition) is 0. The molecule has 0 fully saturated rings. The molecule has 0 amide bonds. The van der Waals surface area contributed by atoms with Crippen LogP contribution >= 0.6 is 11.6 Å². The molecule has 1 atom stereocenters. The Hall–Kier alpha value is -1.79. The van der Waals surface area contributed by atoms with E-state index in [1.54, 1.807) is 0 Å². The second-order valence-corrected chi connectivity index (χ2v) is 5.79. The molecule has 0 aromatic heterocycles. The van der Waals surface area contributed by atoms with Crippen LogP contribution in [0, 0.1) is 0 Å². The van der Waals surface area contributed by atoms with E-state index in [1.165, 1.54) is 16.7 Å². The molecule has 0 heterocycles. The third kappa shape index (κ3) is 2.32. The Morgan fingerprint density at radius 3 is 2.60 bits per heavy atom. The van der Waals surface area contributed by atoms with Crippen LogP contribution in [0.1, 0.15) is 35.4 Å². The monoisotopic (exact) mass is 280 g/mol. The van der Waals surface area contributed by atoms with Gasteiger partial charge in [-0.2, -0.15) is 0 Å². The number of hydrogen-bond donors (Lipinski definition) is 0. The highest BCUT2D eigenvalue weighted by Crippen LogP contribution is 2.44. The van der Waals surface area contributed by atoms with E-state index in [0.717, 1.165) is 29.0 Å². The van der Waals surface area contributed by atoms with Gasteiger partial charge in [0.15, 0.2) is 0 Å². The van der Waals surface area contributed by atoms with E-state index in [1.807, 2.05) is 24.3 Å². The fourth-order valence-electron chi connectivity index (χ4n) is 3.03. The van der Waals surface area contributed by atoms with Crippen molar-refractivity contribution < 1.29 is 0 Å². The van der Waals surface area contributed by atoms with E-state index in [4.69, 9.17) is 11.6 Å². The highest BCUT2D eigenvalue weighted by Gasteiger charge is 2.25. The Morgan fingerprint density at radius 1 is 1.10 bits per heavy atom. The van der Waals surface area contributed by atoms with E-state index in [-0.39, 0.29) is 0 Å². The summed E-state index contributed by atoms with van der Waals surface area (Å²) in [6.07, 6.45) is 1.95. The van der Waals surface area contributed by atoms with Gasteiger partial charge in [-0.3, -0.25) is 0 Å². The lowest BCUT2D eigenvalue weighted by Gasteiger charge is -2.14. The Bertz CT molecular complexity index is 682. The molecule has 1 heteroatoms. The first-order valence-corrected chi connectivity index (χ1v) is 7.24. The van der Waals surface area contributed by atoms with Gasteiger partial charge in [-0.05, 0) is 52.7 Å². The van der Waals surface area contributed by atoms with Crippen LogP contribution in [-0.2, 0) is 0 Å². The molecule has 0 saturated carbocycles. The molecule has 3 rings (SSSR count). The summed E-state index contributed by atoms with van der Waals surface area (Å²) in [6, 6.07) is 16.5. The average molecular weight is 281 g/mol. The summed E-state index contributed by atoms with van der Waals surface area (Å²) in [5.74, 6) is 0.475. The highest BCUT2D eigenvalue weighted by molar-refractivity contribution is 6.32. The van der Waals surface area contributed by atoms with Crippen molar-refractivity contribution in [2.75, 3.05) is 0 Å². The smallest absolute Gasteiger partial charge is 0.0480 e. The molecule has 1 unspecified atom stereocenters. The van der Waals surface area contributed by atoms with Gasteiger partial charge in [0.2, 0.25) is 0 Å². The van der Waals surface area contributed by atoms with Crippen LogP contribution in [0.2, 0.25) is 5.02 Å². The van der Waals surface area contributed by atoms with Gasteiger partial charge in [-0.1, -0.05) is 67.2 Å². The van der Waals surface area contributed by atoms with Gasteiger partial charge >= 0.3 is 0 Å². The third-order valence-corrected chi connectivity index (χ3v) is 4.35. The maximum absolute atomic E-state index is 6.26. The van der Waals surface area contributed by atoms with Crippen LogP contribution in [0.15, 0.2) is 61.7 Å². The second-order valence-electron chi connectivity index (χ2n) is 5.38. The van der Waals surface area contributed by atoms with Crippen LogP contribution in [-0.4, -0.2) is 0 Å². The zero-order chi connectivity index (χ0) is 14.1. The Morgan fingerprint density at radius 2 is 1.80 bits per heavy atom. The van der Waals surface area contributed by atoms with E-state index in [0.29, 0.717) is 5.92 Å². The summed E-state index contributed by atoms with van der Waals surface area (Å²) in [7, 11) is 0. The Kier molecular flexibility index (Phi) is 3.50. The lowest BCUT2D eigenvalue weighted by Crippen LogP contribution is -1.95.